The van der Waals surface area contributed by atoms with Crippen molar-refractivity contribution in [1.82, 2.24) is 0 Å². The van der Waals surface area contributed by atoms with Gasteiger partial charge >= 0.3 is 8.90 Å². The van der Waals surface area contributed by atoms with Crippen LogP contribution in [-0.4, -0.2) is 21.7 Å². The molecule has 114 valence electrons. The fourth-order valence-electron chi connectivity index (χ4n) is 3.42. The van der Waals surface area contributed by atoms with E-state index in [1.165, 1.54) is 70.6 Å². The third-order valence-corrected chi connectivity index (χ3v) is 5.74. The van der Waals surface area contributed by atoms with E-state index in [2.05, 4.69) is 12.8 Å². The standard InChI is InChI=1S/C17H30O2Si/c1-15(17-12-8-3-4-9-13-17)19-20(2)18-14-16-10-6-5-7-11-16/h16-17H,1-14H2. The number of allylic oxidation sites excluding steroid dienone is 1. The Morgan fingerprint density at radius 2 is 1.45 bits per heavy atom. The highest BCUT2D eigenvalue weighted by atomic mass is 28.3. The van der Waals surface area contributed by atoms with Gasteiger partial charge in [0.15, 0.2) is 0 Å². The van der Waals surface area contributed by atoms with Crippen LogP contribution < -0.4 is 0 Å². The molecule has 0 amide bonds. The van der Waals surface area contributed by atoms with Crippen molar-refractivity contribution in [1.29, 1.82) is 0 Å². The van der Waals surface area contributed by atoms with Crippen LogP contribution in [0.1, 0.15) is 70.6 Å². The number of hydrogen-bond donors (Lipinski definition) is 0. The summed E-state index contributed by atoms with van der Waals surface area (Å²) in [6.45, 7) is 4.98. The van der Waals surface area contributed by atoms with Crippen LogP contribution in [0.4, 0.5) is 0 Å². The van der Waals surface area contributed by atoms with Gasteiger partial charge in [0.05, 0.1) is 12.4 Å². The minimum atomic E-state index is -1.40. The minimum Gasteiger partial charge on any atom is -0.523 e. The van der Waals surface area contributed by atoms with Gasteiger partial charge in [-0.15, -0.1) is 0 Å². The predicted octanol–water partition coefficient (Wildman–Crippen LogP) is 4.59. The lowest BCUT2D eigenvalue weighted by Gasteiger charge is -2.23. The van der Waals surface area contributed by atoms with Crippen LogP contribution in [0, 0.1) is 11.8 Å². The maximum atomic E-state index is 5.91. The molecule has 0 saturated heterocycles. The summed E-state index contributed by atoms with van der Waals surface area (Å²) in [7, 11) is -1.40. The van der Waals surface area contributed by atoms with Gasteiger partial charge in [0.25, 0.3) is 0 Å². The van der Waals surface area contributed by atoms with Crippen molar-refractivity contribution in [2.45, 2.75) is 70.6 Å². The highest BCUT2D eigenvalue weighted by Crippen LogP contribution is 2.28. The highest BCUT2D eigenvalue weighted by molar-refractivity contribution is 6.49. The molecule has 2 aliphatic carbocycles. The molecule has 20 heavy (non-hydrogen) atoms. The second-order valence-electron chi connectivity index (χ2n) is 6.44. The fraction of sp³-hybridized carbons (Fsp3) is 0.824. The molecule has 2 nitrogen and oxygen atoms in total. The van der Waals surface area contributed by atoms with Crippen LogP contribution in [0.2, 0.25) is 0 Å². The largest absolute Gasteiger partial charge is 0.523 e. The van der Waals surface area contributed by atoms with Crippen LogP contribution in [-0.2, 0) is 8.85 Å². The van der Waals surface area contributed by atoms with E-state index in [1.807, 2.05) is 0 Å². The maximum absolute atomic E-state index is 5.91. The Morgan fingerprint density at radius 3 is 2.10 bits per heavy atom. The van der Waals surface area contributed by atoms with Gasteiger partial charge in [-0.05, 0) is 37.8 Å². The van der Waals surface area contributed by atoms with Crippen molar-refractivity contribution in [2.24, 2.45) is 11.8 Å². The van der Waals surface area contributed by atoms with E-state index in [0.29, 0.717) is 5.92 Å². The zero-order chi connectivity index (χ0) is 14.2. The monoisotopic (exact) mass is 294 g/mol. The van der Waals surface area contributed by atoms with E-state index in [-0.39, 0.29) is 0 Å². The van der Waals surface area contributed by atoms with Gasteiger partial charge < -0.3 is 8.85 Å². The molecule has 0 aromatic carbocycles. The molecule has 2 rings (SSSR count). The van der Waals surface area contributed by atoms with Crippen LogP contribution in [0.15, 0.2) is 12.3 Å². The molecule has 2 saturated carbocycles. The zero-order valence-electron chi connectivity index (χ0n) is 12.9. The third kappa shape index (κ3) is 5.43. The summed E-state index contributed by atoms with van der Waals surface area (Å²) in [5, 5.41) is 0. The van der Waals surface area contributed by atoms with Crippen LogP contribution >= 0.6 is 0 Å². The van der Waals surface area contributed by atoms with E-state index < -0.39 is 8.90 Å². The summed E-state index contributed by atoms with van der Waals surface area (Å²) in [5.41, 5.74) is 0. The molecule has 0 unspecified atom stereocenters. The Hall–Kier alpha value is -0.573. The molecule has 0 atom stereocenters. The summed E-state index contributed by atoms with van der Waals surface area (Å²) >= 11 is 0. The topological polar surface area (TPSA) is 18.5 Å². The molecule has 0 spiro atoms. The van der Waals surface area contributed by atoms with Gasteiger partial charge in [0.1, 0.15) is 0 Å². The Labute approximate surface area is 126 Å². The second kappa shape index (κ2) is 8.66. The highest BCUT2D eigenvalue weighted by Gasteiger charge is 2.19. The first-order chi connectivity index (χ1) is 9.75. The predicted molar refractivity (Wildman–Crippen MR) is 86.8 cm³/mol. The van der Waals surface area contributed by atoms with E-state index in [9.17, 15) is 0 Å². The lowest BCUT2D eigenvalue weighted by Crippen LogP contribution is -2.21. The van der Waals surface area contributed by atoms with E-state index >= 15 is 0 Å². The molecule has 2 aliphatic rings. The summed E-state index contributed by atoms with van der Waals surface area (Å²) in [5.74, 6) is 2.22. The molecular weight excluding hydrogens is 264 g/mol. The van der Waals surface area contributed by atoms with Gasteiger partial charge in [-0.1, -0.05) is 51.5 Å². The Balaban J connectivity index is 1.66. The molecule has 0 N–H and O–H groups in total. The van der Waals surface area contributed by atoms with Crippen LogP contribution in [0.3, 0.4) is 0 Å². The van der Waals surface area contributed by atoms with Crippen molar-refractivity contribution in [3.8, 4) is 0 Å². The Morgan fingerprint density at radius 1 is 0.900 bits per heavy atom. The summed E-state index contributed by atoms with van der Waals surface area (Å²) < 4.78 is 11.8. The molecule has 0 aromatic rings. The minimum absolute atomic E-state index is 0.539. The van der Waals surface area contributed by atoms with Crippen LogP contribution in [0.5, 0.6) is 0 Å². The summed E-state index contributed by atoms with van der Waals surface area (Å²) in [6.07, 6.45) is 18.7. The molecule has 0 aliphatic heterocycles. The summed E-state index contributed by atoms with van der Waals surface area (Å²) in [4.78, 5) is 0. The number of rotatable bonds is 6. The van der Waals surface area contributed by atoms with E-state index in [1.54, 1.807) is 0 Å². The second-order valence-corrected chi connectivity index (χ2v) is 7.68. The van der Waals surface area contributed by atoms with Gasteiger partial charge in [-0.3, -0.25) is 0 Å². The summed E-state index contributed by atoms with van der Waals surface area (Å²) in [6, 6.07) is 0. The SMILES string of the molecule is C=C(O[Si](=C)OCC1CCCCC1)C1CCCCCC1. The third-order valence-electron chi connectivity index (χ3n) is 4.76. The van der Waals surface area contributed by atoms with Crippen molar-refractivity contribution < 1.29 is 8.85 Å². The molecule has 0 heterocycles. The molecule has 3 heteroatoms. The van der Waals surface area contributed by atoms with E-state index in [0.717, 1.165) is 18.3 Å². The lowest BCUT2D eigenvalue weighted by atomic mass is 9.90. The zero-order valence-corrected chi connectivity index (χ0v) is 13.9. The van der Waals surface area contributed by atoms with Gasteiger partial charge in [-0.2, -0.15) is 0 Å². The Kier molecular flexibility index (Phi) is 6.84. The molecule has 0 radical (unpaired) electrons. The quantitative estimate of drug-likeness (QED) is 0.405. The molecule has 2 fully saturated rings. The molecule has 0 bridgehead atoms. The van der Waals surface area contributed by atoms with Crippen molar-refractivity contribution in [3.63, 3.8) is 0 Å². The maximum Gasteiger partial charge on any atom is 0.477 e. The lowest BCUT2D eigenvalue weighted by molar-refractivity contribution is 0.175. The van der Waals surface area contributed by atoms with Gasteiger partial charge in [0, 0.05) is 5.92 Å². The van der Waals surface area contributed by atoms with E-state index in [4.69, 9.17) is 8.85 Å². The average molecular weight is 295 g/mol. The Bertz CT molecular complexity index is 313. The van der Waals surface area contributed by atoms with Gasteiger partial charge in [0.2, 0.25) is 0 Å². The number of hydrogen-bond acceptors (Lipinski definition) is 2. The normalized spacial score (nSPS) is 22.0. The van der Waals surface area contributed by atoms with Crippen LogP contribution in [0.25, 0.3) is 0 Å². The first kappa shape index (κ1) is 15.8. The van der Waals surface area contributed by atoms with Crippen molar-refractivity contribution >= 4 is 15.1 Å². The average Bonchev–Trinajstić information content (AvgIpc) is 2.75. The first-order valence-corrected chi connectivity index (χ1v) is 9.96. The first-order valence-electron chi connectivity index (χ1n) is 8.44. The van der Waals surface area contributed by atoms with Crippen molar-refractivity contribution in [3.05, 3.63) is 12.3 Å². The van der Waals surface area contributed by atoms with Gasteiger partial charge in [-0.25, -0.2) is 0 Å². The smallest absolute Gasteiger partial charge is 0.477 e. The molecular formula is C17H30O2Si. The fourth-order valence-corrected chi connectivity index (χ4v) is 4.36. The molecule has 0 aromatic heterocycles. The van der Waals surface area contributed by atoms with Crippen molar-refractivity contribution in [2.75, 3.05) is 6.61 Å².